The van der Waals surface area contributed by atoms with Crippen LogP contribution in [0.4, 0.5) is 0 Å². The van der Waals surface area contributed by atoms with Crippen molar-refractivity contribution in [2.24, 2.45) is 29.6 Å². The van der Waals surface area contributed by atoms with Crippen LogP contribution in [0.2, 0.25) is 0 Å². The molecule has 3 unspecified atom stereocenters. The van der Waals surface area contributed by atoms with Crippen molar-refractivity contribution in [1.82, 2.24) is 10.2 Å². The van der Waals surface area contributed by atoms with E-state index in [0.717, 1.165) is 55.4 Å². The van der Waals surface area contributed by atoms with Gasteiger partial charge >= 0.3 is 0 Å². The fraction of sp³-hybridized carbons (Fsp3) is 0.690. The molecule has 0 aromatic rings. The third kappa shape index (κ3) is 7.16. The molecule has 4 heteroatoms. The number of nitrogens with one attached hydrogen (secondary N) is 2. The van der Waals surface area contributed by atoms with Gasteiger partial charge in [-0.15, -0.1) is 0 Å². The van der Waals surface area contributed by atoms with Crippen molar-refractivity contribution >= 4 is 17.3 Å². The maximum absolute atomic E-state index is 8.09. The van der Waals surface area contributed by atoms with E-state index < -0.39 is 0 Å². The number of halogens is 1. The van der Waals surface area contributed by atoms with Crippen molar-refractivity contribution in [2.75, 3.05) is 26.2 Å². The van der Waals surface area contributed by atoms with Gasteiger partial charge in [0.15, 0.2) is 0 Å². The van der Waals surface area contributed by atoms with Gasteiger partial charge in [0.25, 0.3) is 0 Å². The van der Waals surface area contributed by atoms with Gasteiger partial charge in [-0.3, -0.25) is 0 Å². The summed E-state index contributed by atoms with van der Waals surface area (Å²) in [6.07, 6.45) is 23.2. The summed E-state index contributed by atoms with van der Waals surface area (Å²) in [4.78, 5) is 2.69. The molecule has 4 atom stereocenters. The smallest absolute Gasteiger partial charge is 0.0363 e. The number of piperidine rings is 1. The number of nitrogens with zero attached hydrogens (tertiary/aromatic N) is 1. The predicted octanol–water partition coefficient (Wildman–Crippen LogP) is 6.72. The Hall–Kier alpha value is -1.16. The Morgan fingerprint density at radius 3 is 2.67 bits per heavy atom. The SMILES string of the molecule is CC(C)[C@H](CN1CCC(C2C=CC(Cl)=CC2)CC1)NCC1C=C(C2CCCC(=N)C2)C=CC1. The van der Waals surface area contributed by atoms with E-state index in [4.69, 9.17) is 17.0 Å². The van der Waals surface area contributed by atoms with E-state index in [2.05, 4.69) is 60.5 Å². The van der Waals surface area contributed by atoms with Gasteiger partial charge in [-0.2, -0.15) is 0 Å². The summed E-state index contributed by atoms with van der Waals surface area (Å²) in [5, 5.41) is 13.0. The highest BCUT2D eigenvalue weighted by molar-refractivity contribution is 6.31. The summed E-state index contributed by atoms with van der Waals surface area (Å²) in [6, 6.07) is 0.545. The summed E-state index contributed by atoms with van der Waals surface area (Å²) in [6.45, 7) is 9.40. The molecule has 1 aliphatic heterocycles. The maximum Gasteiger partial charge on any atom is 0.0363 e. The second-order valence-electron chi connectivity index (χ2n) is 11.2. The molecule has 0 spiro atoms. The molecule has 1 heterocycles. The first kappa shape index (κ1) is 24.9. The van der Waals surface area contributed by atoms with Crippen LogP contribution in [0, 0.1) is 35.0 Å². The van der Waals surface area contributed by atoms with Crippen LogP contribution < -0.4 is 5.32 Å². The van der Waals surface area contributed by atoms with Crippen molar-refractivity contribution in [3.8, 4) is 0 Å². The molecule has 1 saturated carbocycles. The predicted molar refractivity (Wildman–Crippen MR) is 142 cm³/mol. The first-order valence-electron chi connectivity index (χ1n) is 13.4. The molecular formula is C29H44ClN3. The van der Waals surface area contributed by atoms with E-state index in [1.807, 2.05) is 0 Å². The van der Waals surface area contributed by atoms with Gasteiger partial charge in [0, 0.05) is 29.9 Å². The quantitative estimate of drug-likeness (QED) is 0.414. The van der Waals surface area contributed by atoms with E-state index >= 15 is 0 Å². The monoisotopic (exact) mass is 469 g/mol. The Morgan fingerprint density at radius 2 is 1.97 bits per heavy atom. The largest absolute Gasteiger partial charge is 0.312 e. The molecule has 4 aliphatic rings. The highest BCUT2D eigenvalue weighted by Gasteiger charge is 2.28. The molecule has 3 nitrogen and oxygen atoms in total. The van der Waals surface area contributed by atoms with Crippen molar-refractivity contribution in [3.05, 3.63) is 47.1 Å². The normalized spacial score (nSPS) is 30.4. The first-order chi connectivity index (χ1) is 16.0. The zero-order valence-corrected chi connectivity index (χ0v) is 21.5. The average molecular weight is 470 g/mol. The van der Waals surface area contributed by atoms with Gasteiger partial charge in [-0.1, -0.05) is 55.8 Å². The summed E-state index contributed by atoms with van der Waals surface area (Å²) in [5.41, 5.74) is 2.44. The summed E-state index contributed by atoms with van der Waals surface area (Å²) in [5.74, 6) is 3.30. The molecule has 33 heavy (non-hydrogen) atoms. The van der Waals surface area contributed by atoms with Gasteiger partial charge in [0.2, 0.25) is 0 Å². The molecule has 0 bridgehead atoms. The van der Waals surface area contributed by atoms with Gasteiger partial charge in [-0.05, 0) is 106 Å². The lowest BCUT2D eigenvalue weighted by molar-refractivity contribution is 0.138. The Morgan fingerprint density at radius 1 is 1.15 bits per heavy atom. The molecule has 182 valence electrons. The third-order valence-electron chi connectivity index (χ3n) is 8.40. The van der Waals surface area contributed by atoms with Gasteiger partial charge in [-0.25, -0.2) is 0 Å². The minimum absolute atomic E-state index is 0.545. The first-order valence-corrected chi connectivity index (χ1v) is 13.8. The van der Waals surface area contributed by atoms with E-state index in [0.29, 0.717) is 29.7 Å². The Bertz CT molecular complexity index is 785. The van der Waals surface area contributed by atoms with E-state index in [1.54, 1.807) is 0 Å². The van der Waals surface area contributed by atoms with E-state index in [-0.39, 0.29) is 0 Å². The lowest BCUT2D eigenvalue weighted by Gasteiger charge is -2.38. The van der Waals surface area contributed by atoms with E-state index in [1.165, 1.54) is 44.3 Å². The molecule has 0 amide bonds. The molecule has 0 aromatic heterocycles. The molecule has 2 fully saturated rings. The molecule has 2 N–H and O–H groups in total. The molecule has 1 saturated heterocycles. The van der Waals surface area contributed by atoms with Crippen molar-refractivity contribution in [2.45, 2.75) is 71.3 Å². The highest BCUT2D eigenvalue weighted by Crippen LogP contribution is 2.33. The lowest BCUT2D eigenvalue weighted by atomic mass is 9.79. The van der Waals surface area contributed by atoms with E-state index in [9.17, 15) is 0 Å². The van der Waals surface area contributed by atoms with Crippen LogP contribution in [-0.4, -0.2) is 42.8 Å². The van der Waals surface area contributed by atoms with Crippen molar-refractivity contribution in [3.63, 3.8) is 0 Å². The lowest BCUT2D eigenvalue weighted by Crippen LogP contribution is -2.48. The van der Waals surface area contributed by atoms with Crippen LogP contribution in [0.5, 0.6) is 0 Å². The van der Waals surface area contributed by atoms with Crippen molar-refractivity contribution < 1.29 is 0 Å². The minimum Gasteiger partial charge on any atom is -0.312 e. The van der Waals surface area contributed by atoms with Gasteiger partial charge in [0.05, 0.1) is 0 Å². The zero-order chi connectivity index (χ0) is 23.2. The number of rotatable bonds is 8. The zero-order valence-electron chi connectivity index (χ0n) is 20.7. The Labute approximate surface area is 206 Å². The molecule has 0 radical (unpaired) electrons. The molecule has 4 rings (SSSR count). The highest BCUT2D eigenvalue weighted by atomic mass is 35.5. The van der Waals surface area contributed by atoms with Crippen LogP contribution in [0.25, 0.3) is 0 Å². The summed E-state index contributed by atoms with van der Waals surface area (Å²) >= 11 is 6.11. The maximum atomic E-state index is 8.09. The molecule has 3 aliphatic carbocycles. The van der Waals surface area contributed by atoms with Gasteiger partial charge < -0.3 is 15.6 Å². The summed E-state index contributed by atoms with van der Waals surface area (Å²) in [7, 11) is 0. The Kier molecular flexibility index (Phi) is 9.07. The number of hydrogen-bond acceptors (Lipinski definition) is 3. The number of allylic oxidation sites excluding steroid dienone is 7. The van der Waals surface area contributed by atoms with Crippen LogP contribution in [0.15, 0.2) is 47.1 Å². The average Bonchev–Trinajstić information content (AvgIpc) is 2.83. The van der Waals surface area contributed by atoms with Crippen molar-refractivity contribution in [1.29, 1.82) is 5.41 Å². The molecular weight excluding hydrogens is 426 g/mol. The second-order valence-corrected chi connectivity index (χ2v) is 11.6. The van der Waals surface area contributed by atoms with Crippen LogP contribution in [0.1, 0.15) is 65.2 Å². The fourth-order valence-corrected chi connectivity index (χ4v) is 6.31. The van der Waals surface area contributed by atoms with Crippen LogP contribution in [0.3, 0.4) is 0 Å². The van der Waals surface area contributed by atoms with Gasteiger partial charge in [0.1, 0.15) is 0 Å². The Balaban J connectivity index is 1.24. The minimum atomic E-state index is 0.545. The van der Waals surface area contributed by atoms with Crippen LogP contribution >= 0.6 is 11.6 Å². The third-order valence-corrected chi connectivity index (χ3v) is 8.68. The topological polar surface area (TPSA) is 39.1 Å². The summed E-state index contributed by atoms with van der Waals surface area (Å²) < 4.78 is 0. The molecule has 0 aromatic carbocycles. The number of hydrogen-bond donors (Lipinski definition) is 2. The standard InChI is InChI=1S/C29H44ClN3/c1-21(2)29(20-33-15-13-24(14-16-33)23-9-11-27(30)12-10-23)32-19-22-5-3-6-25(17-22)26-7-4-8-28(31)18-26/h3,6,9,11-12,17,21-24,26,29,31-32H,4-5,7-8,10,13-16,18-20H2,1-2H3/t22?,23?,26?,29-/m0/s1. The fourth-order valence-electron chi connectivity index (χ4n) is 6.15. The van der Waals surface area contributed by atoms with Crippen LogP contribution in [-0.2, 0) is 0 Å². The number of likely N-dealkylation sites (tertiary alicyclic amines) is 1. The second kappa shape index (κ2) is 12.0.